The molecule has 0 aliphatic heterocycles. The molecule has 0 saturated heterocycles. The predicted octanol–water partition coefficient (Wildman–Crippen LogP) is 0.472. The van der Waals surface area contributed by atoms with Crippen LogP contribution in [0, 0.1) is 0 Å². The van der Waals surface area contributed by atoms with Gasteiger partial charge in [-0.2, -0.15) is 0 Å². The van der Waals surface area contributed by atoms with E-state index in [0.29, 0.717) is 5.39 Å². The van der Waals surface area contributed by atoms with Crippen molar-refractivity contribution in [1.82, 2.24) is 9.71 Å². The van der Waals surface area contributed by atoms with E-state index in [1.807, 2.05) is 12.1 Å². The van der Waals surface area contributed by atoms with Crippen LogP contribution in [-0.4, -0.2) is 26.5 Å². The van der Waals surface area contributed by atoms with Crippen molar-refractivity contribution in [3.8, 4) is 0 Å². The zero-order valence-electron chi connectivity index (χ0n) is 9.13. The summed E-state index contributed by atoms with van der Waals surface area (Å²) < 4.78 is 26.4. The van der Waals surface area contributed by atoms with Gasteiger partial charge in [-0.25, -0.2) is 13.1 Å². The summed E-state index contributed by atoms with van der Waals surface area (Å²) in [6, 6.07) is 7.22. The van der Waals surface area contributed by atoms with Crippen LogP contribution in [0.25, 0.3) is 10.8 Å². The highest BCUT2D eigenvalue weighted by Gasteiger charge is 2.16. The predicted molar refractivity (Wildman–Crippen MR) is 66.0 cm³/mol. The minimum Gasteiger partial charge on any atom is -0.329 e. The van der Waals surface area contributed by atoms with Crippen LogP contribution in [-0.2, 0) is 10.0 Å². The van der Waals surface area contributed by atoms with E-state index in [1.54, 1.807) is 18.3 Å². The van der Waals surface area contributed by atoms with Gasteiger partial charge in [-0.15, -0.1) is 0 Å². The molecule has 0 saturated carbocycles. The minimum atomic E-state index is -3.54. The Labute approximate surface area is 99.7 Å². The Morgan fingerprint density at radius 3 is 2.76 bits per heavy atom. The summed E-state index contributed by atoms with van der Waals surface area (Å²) in [5, 5.41) is 1.45. The molecule has 6 heteroatoms. The third-order valence-corrected chi connectivity index (χ3v) is 3.85. The van der Waals surface area contributed by atoms with Crippen molar-refractivity contribution < 1.29 is 8.42 Å². The van der Waals surface area contributed by atoms with E-state index >= 15 is 0 Å². The van der Waals surface area contributed by atoms with Crippen molar-refractivity contribution in [3.05, 3.63) is 36.7 Å². The Bertz CT molecular complexity index is 620. The molecule has 2 rings (SSSR count). The fourth-order valence-electron chi connectivity index (χ4n) is 1.57. The number of nitrogens with zero attached hydrogens (tertiary/aromatic N) is 1. The molecular weight excluding hydrogens is 238 g/mol. The van der Waals surface area contributed by atoms with Crippen molar-refractivity contribution in [3.63, 3.8) is 0 Å². The molecular formula is C11H13N3O2S. The van der Waals surface area contributed by atoms with Crippen LogP contribution in [0.1, 0.15) is 0 Å². The maximum absolute atomic E-state index is 12.0. The van der Waals surface area contributed by atoms with E-state index in [9.17, 15) is 8.42 Å². The summed E-state index contributed by atoms with van der Waals surface area (Å²) in [4.78, 5) is 4.12. The SMILES string of the molecule is NCCNS(=O)(=O)c1cncc2ccccc12. The van der Waals surface area contributed by atoms with Gasteiger partial charge in [0.1, 0.15) is 4.90 Å². The molecule has 2 aromatic rings. The molecule has 0 spiro atoms. The number of sulfonamides is 1. The molecule has 90 valence electrons. The van der Waals surface area contributed by atoms with Crippen molar-refractivity contribution in [2.75, 3.05) is 13.1 Å². The Hall–Kier alpha value is -1.50. The lowest BCUT2D eigenvalue weighted by atomic mass is 10.2. The number of aromatic nitrogens is 1. The zero-order valence-corrected chi connectivity index (χ0v) is 9.94. The summed E-state index contributed by atoms with van der Waals surface area (Å²) in [6.07, 6.45) is 2.98. The second kappa shape index (κ2) is 4.79. The van der Waals surface area contributed by atoms with Gasteiger partial charge < -0.3 is 5.73 Å². The molecule has 0 unspecified atom stereocenters. The molecule has 0 bridgehead atoms. The lowest BCUT2D eigenvalue weighted by Crippen LogP contribution is -2.29. The third-order valence-electron chi connectivity index (χ3n) is 2.36. The Morgan fingerprint density at radius 1 is 1.24 bits per heavy atom. The number of benzene rings is 1. The molecule has 5 nitrogen and oxygen atoms in total. The van der Waals surface area contributed by atoms with Crippen molar-refractivity contribution in [2.45, 2.75) is 4.90 Å². The average molecular weight is 251 g/mol. The van der Waals surface area contributed by atoms with Gasteiger partial charge in [0, 0.05) is 36.3 Å². The average Bonchev–Trinajstić information content (AvgIpc) is 2.36. The van der Waals surface area contributed by atoms with Crippen molar-refractivity contribution >= 4 is 20.8 Å². The first kappa shape index (κ1) is 12.0. The molecule has 17 heavy (non-hydrogen) atoms. The number of hydrogen-bond donors (Lipinski definition) is 2. The first-order valence-electron chi connectivity index (χ1n) is 5.17. The minimum absolute atomic E-state index is 0.184. The molecule has 0 amide bonds. The largest absolute Gasteiger partial charge is 0.329 e. The quantitative estimate of drug-likeness (QED) is 0.827. The number of fused-ring (bicyclic) bond motifs is 1. The van der Waals surface area contributed by atoms with Gasteiger partial charge in [-0.3, -0.25) is 4.98 Å². The van der Waals surface area contributed by atoms with E-state index < -0.39 is 10.0 Å². The summed E-state index contributed by atoms with van der Waals surface area (Å²) in [5.41, 5.74) is 5.28. The molecule has 0 aliphatic rings. The van der Waals surface area contributed by atoms with E-state index in [1.165, 1.54) is 6.20 Å². The van der Waals surface area contributed by atoms with Gasteiger partial charge in [-0.05, 0) is 0 Å². The first-order valence-corrected chi connectivity index (χ1v) is 6.66. The van der Waals surface area contributed by atoms with Gasteiger partial charge >= 0.3 is 0 Å². The van der Waals surface area contributed by atoms with Gasteiger partial charge in [0.05, 0.1) is 0 Å². The van der Waals surface area contributed by atoms with Crippen molar-refractivity contribution in [1.29, 1.82) is 0 Å². The topological polar surface area (TPSA) is 85.1 Å². The van der Waals surface area contributed by atoms with Crippen LogP contribution in [0.15, 0.2) is 41.6 Å². The second-order valence-electron chi connectivity index (χ2n) is 3.55. The van der Waals surface area contributed by atoms with Crippen molar-refractivity contribution in [2.24, 2.45) is 5.73 Å². The second-order valence-corrected chi connectivity index (χ2v) is 5.28. The lowest BCUT2D eigenvalue weighted by molar-refractivity contribution is 0.583. The van der Waals surface area contributed by atoms with Gasteiger partial charge in [0.25, 0.3) is 0 Å². The van der Waals surface area contributed by atoms with Gasteiger partial charge in [0.2, 0.25) is 10.0 Å². The van der Waals surface area contributed by atoms with Crippen LogP contribution in [0.3, 0.4) is 0 Å². The molecule has 3 N–H and O–H groups in total. The standard InChI is InChI=1S/C11H13N3O2S/c12-5-6-14-17(15,16)11-8-13-7-9-3-1-2-4-10(9)11/h1-4,7-8,14H,5-6,12H2. The third kappa shape index (κ3) is 2.44. The van der Waals surface area contributed by atoms with Crippen LogP contribution in [0.5, 0.6) is 0 Å². The fourth-order valence-corrected chi connectivity index (χ4v) is 2.79. The highest BCUT2D eigenvalue weighted by atomic mass is 32.2. The van der Waals surface area contributed by atoms with E-state index in [-0.39, 0.29) is 18.0 Å². The van der Waals surface area contributed by atoms with E-state index in [4.69, 9.17) is 5.73 Å². The maximum atomic E-state index is 12.0. The number of nitrogens with one attached hydrogen (secondary N) is 1. The monoisotopic (exact) mass is 251 g/mol. The molecule has 1 aromatic heterocycles. The van der Waals surface area contributed by atoms with Crippen LogP contribution in [0.2, 0.25) is 0 Å². The van der Waals surface area contributed by atoms with Crippen LogP contribution < -0.4 is 10.5 Å². The Kier molecular flexibility index (Phi) is 3.37. The molecule has 1 aromatic carbocycles. The molecule has 0 radical (unpaired) electrons. The number of nitrogens with two attached hydrogens (primary N) is 1. The van der Waals surface area contributed by atoms with Gasteiger partial charge in [-0.1, -0.05) is 24.3 Å². The molecule has 0 fully saturated rings. The Balaban J connectivity index is 2.55. The van der Waals surface area contributed by atoms with Crippen LogP contribution >= 0.6 is 0 Å². The molecule has 0 aliphatic carbocycles. The summed E-state index contributed by atoms with van der Waals surface area (Å²) in [7, 11) is -3.54. The maximum Gasteiger partial charge on any atom is 0.242 e. The fraction of sp³-hybridized carbons (Fsp3) is 0.182. The highest BCUT2D eigenvalue weighted by Crippen LogP contribution is 2.20. The lowest BCUT2D eigenvalue weighted by Gasteiger charge is -2.07. The number of rotatable bonds is 4. The normalized spacial score (nSPS) is 11.8. The zero-order chi connectivity index (χ0) is 12.3. The van der Waals surface area contributed by atoms with Crippen LogP contribution in [0.4, 0.5) is 0 Å². The summed E-state index contributed by atoms with van der Waals surface area (Å²) in [6.45, 7) is 0.475. The first-order chi connectivity index (χ1) is 8.15. The number of pyridine rings is 1. The Morgan fingerprint density at radius 2 is 2.00 bits per heavy atom. The highest BCUT2D eigenvalue weighted by molar-refractivity contribution is 7.89. The van der Waals surface area contributed by atoms with Gasteiger partial charge in [0.15, 0.2) is 0 Å². The smallest absolute Gasteiger partial charge is 0.242 e. The van der Waals surface area contributed by atoms with E-state index in [0.717, 1.165) is 5.39 Å². The molecule has 1 heterocycles. The summed E-state index contributed by atoms with van der Waals surface area (Å²) in [5.74, 6) is 0. The number of hydrogen-bond acceptors (Lipinski definition) is 4. The van der Waals surface area contributed by atoms with E-state index in [2.05, 4.69) is 9.71 Å². The molecule has 0 atom stereocenters. The summed E-state index contributed by atoms with van der Waals surface area (Å²) >= 11 is 0.